The molecular weight excluding hydrogens is 266 g/mol. The van der Waals surface area contributed by atoms with Crippen molar-refractivity contribution in [1.82, 2.24) is 15.5 Å². The first-order chi connectivity index (χ1) is 10.2. The van der Waals surface area contributed by atoms with Crippen LogP contribution >= 0.6 is 0 Å². The average Bonchev–Trinajstić information content (AvgIpc) is 2.94. The van der Waals surface area contributed by atoms with E-state index in [-0.39, 0.29) is 0 Å². The van der Waals surface area contributed by atoms with Gasteiger partial charge < -0.3 is 14.6 Å². The fourth-order valence-corrected chi connectivity index (χ4v) is 1.86. The molecule has 0 aliphatic heterocycles. The summed E-state index contributed by atoms with van der Waals surface area (Å²) in [5.41, 5.74) is 0.989. The highest BCUT2D eigenvalue weighted by atomic mass is 16.5. The lowest BCUT2D eigenvalue weighted by Crippen LogP contribution is -2.24. The maximum atomic E-state index is 5.57. The van der Waals surface area contributed by atoms with E-state index in [9.17, 15) is 0 Å². The highest BCUT2D eigenvalue weighted by Gasteiger charge is 2.07. The molecule has 2 rings (SSSR count). The fourth-order valence-electron chi connectivity index (χ4n) is 1.86. The Labute approximate surface area is 125 Å². The van der Waals surface area contributed by atoms with Gasteiger partial charge in [-0.05, 0) is 33.0 Å². The van der Waals surface area contributed by atoms with Crippen molar-refractivity contribution in [1.29, 1.82) is 0 Å². The zero-order valence-electron chi connectivity index (χ0n) is 12.7. The molecule has 0 bridgehead atoms. The van der Waals surface area contributed by atoms with Gasteiger partial charge in [0, 0.05) is 24.1 Å². The van der Waals surface area contributed by atoms with E-state index in [2.05, 4.69) is 22.4 Å². The molecule has 0 radical (unpaired) electrons. The summed E-state index contributed by atoms with van der Waals surface area (Å²) in [6, 6.07) is 8.17. The SMILES string of the molecule is CCOc1ccccc1/C=C/c1nc(CC(C)NC)no1. The van der Waals surface area contributed by atoms with Gasteiger partial charge in [0.05, 0.1) is 6.61 Å². The van der Waals surface area contributed by atoms with Gasteiger partial charge in [-0.1, -0.05) is 23.4 Å². The molecule has 21 heavy (non-hydrogen) atoms. The second-order valence-electron chi connectivity index (χ2n) is 4.75. The Morgan fingerprint density at radius 3 is 2.90 bits per heavy atom. The molecule has 0 aliphatic rings. The number of benzene rings is 1. The van der Waals surface area contributed by atoms with Crippen LogP contribution in [0.4, 0.5) is 0 Å². The molecule has 0 saturated carbocycles. The largest absolute Gasteiger partial charge is 0.493 e. The summed E-state index contributed by atoms with van der Waals surface area (Å²) in [7, 11) is 1.91. The molecular formula is C16H21N3O2. The van der Waals surface area contributed by atoms with Gasteiger partial charge in [-0.3, -0.25) is 0 Å². The van der Waals surface area contributed by atoms with Crippen LogP contribution in [0.15, 0.2) is 28.8 Å². The lowest BCUT2D eigenvalue weighted by Gasteiger charge is -2.05. The zero-order chi connectivity index (χ0) is 15.1. The lowest BCUT2D eigenvalue weighted by molar-refractivity contribution is 0.339. The summed E-state index contributed by atoms with van der Waals surface area (Å²) in [5, 5.41) is 7.11. The van der Waals surface area contributed by atoms with E-state index in [1.807, 2.05) is 44.3 Å². The van der Waals surface area contributed by atoms with Crippen LogP contribution in [0.5, 0.6) is 5.75 Å². The third-order valence-electron chi connectivity index (χ3n) is 3.09. The first-order valence-electron chi connectivity index (χ1n) is 7.12. The van der Waals surface area contributed by atoms with E-state index in [1.165, 1.54) is 0 Å². The van der Waals surface area contributed by atoms with E-state index < -0.39 is 0 Å². The lowest BCUT2D eigenvalue weighted by atomic mass is 10.2. The van der Waals surface area contributed by atoms with Gasteiger partial charge in [0.1, 0.15) is 5.75 Å². The van der Waals surface area contributed by atoms with Crippen molar-refractivity contribution >= 4 is 12.2 Å². The number of hydrogen-bond donors (Lipinski definition) is 1. The number of hydrogen-bond acceptors (Lipinski definition) is 5. The minimum atomic E-state index is 0.318. The van der Waals surface area contributed by atoms with Crippen LogP contribution in [0.1, 0.15) is 31.1 Å². The average molecular weight is 287 g/mol. The molecule has 112 valence electrons. The summed E-state index contributed by atoms with van der Waals surface area (Å²) in [6.45, 7) is 4.68. The molecule has 2 aromatic rings. The molecule has 0 spiro atoms. The van der Waals surface area contributed by atoms with Crippen LogP contribution in [0.3, 0.4) is 0 Å². The van der Waals surface area contributed by atoms with Crippen molar-refractivity contribution in [2.45, 2.75) is 26.3 Å². The number of para-hydroxylation sites is 1. The van der Waals surface area contributed by atoms with E-state index >= 15 is 0 Å². The third-order valence-corrected chi connectivity index (χ3v) is 3.09. The number of rotatable bonds is 7. The van der Waals surface area contributed by atoms with Crippen molar-refractivity contribution in [2.24, 2.45) is 0 Å². The van der Waals surface area contributed by atoms with Gasteiger partial charge in [-0.15, -0.1) is 0 Å². The summed E-state index contributed by atoms with van der Waals surface area (Å²) >= 11 is 0. The molecule has 5 heteroatoms. The number of aromatic nitrogens is 2. The molecule has 5 nitrogen and oxygen atoms in total. The second-order valence-corrected chi connectivity index (χ2v) is 4.75. The van der Waals surface area contributed by atoms with E-state index in [4.69, 9.17) is 9.26 Å². The van der Waals surface area contributed by atoms with Crippen molar-refractivity contribution in [3.8, 4) is 5.75 Å². The number of nitrogens with one attached hydrogen (secondary N) is 1. The third kappa shape index (κ3) is 4.43. The molecule has 0 fully saturated rings. The number of nitrogens with zero attached hydrogens (tertiary/aromatic N) is 2. The summed E-state index contributed by atoms with van der Waals surface area (Å²) in [6.07, 6.45) is 4.46. The molecule has 1 heterocycles. The van der Waals surface area contributed by atoms with Crippen LogP contribution in [-0.4, -0.2) is 29.8 Å². The predicted molar refractivity (Wildman–Crippen MR) is 83.1 cm³/mol. The molecule has 1 aromatic carbocycles. The van der Waals surface area contributed by atoms with E-state index in [0.29, 0.717) is 24.4 Å². The van der Waals surface area contributed by atoms with Crippen molar-refractivity contribution in [3.63, 3.8) is 0 Å². The van der Waals surface area contributed by atoms with Gasteiger partial charge in [0.2, 0.25) is 0 Å². The Hall–Kier alpha value is -2.14. The Morgan fingerprint density at radius 1 is 1.33 bits per heavy atom. The topological polar surface area (TPSA) is 60.2 Å². The Morgan fingerprint density at radius 2 is 2.14 bits per heavy atom. The van der Waals surface area contributed by atoms with Crippen LogP contribution in [-0.2, 0) is 6.42 Å². The van der Waals surface area contributed by atoms with Crippen LogP contribution < -0.4 is 10.1 Å². The molecule has 0 saturated heterocycles. The van der Waals surface area contributed by atoms with Crippen molar-refractivity contribution in [2.75, 3.05) is 13.7 Å². The maximum Gasteiger partial charge on any atom is 0.250 e. The van der Waals surface area contributed by atoms with Crippen molar-refractivity contribution < 1.29 is 9.26 Å². The van der Waals surface area contributed by atoms with Gasteiger partial charge in [-0.2, -0.15) is 4.98 Å². The monoisotopic (exact) mass is 287 g/mol. The molecule has 1 N–H and O–H groups in total. The van der Waals surface area contributed by atoms with Crippen LogP contribution in [0.25, 0.3) is 12.2 Å². The Kier molecular flexibility index (Phi) is 5.51. The quantitative estimate of drug-likeness (QED) is 0.848. The fraction of sp³-hybridized carbons (Fsp3) is 0.375. The smallest absolute Gasteiger partial charge is 0.250 e. The normalized spacial score (nSPS) is 12.7. The van der Waals surface area contributed by atoms with Gasteiger partial charge >= 0.3 is 0 Å². The van der Waals surface area contributed by atoms with Crippen LogP contribution in [0, 0.1) is 0 Å². The summed E-state index contributed by atoms with van der Waals surface area (Å²) < 4.78 is 10.8. The minimum Gasteiger partial charge on any atom is -0.493 e. The highest BCUT2D eigenvalue weighted by molar-refractivity contribution is 5.69. The maximum absolute atomic E-state index is 5.57. The first kappa shape index (κ1) is 15.3. The molecule has 1 aromatic heterocycles. The standard InChI is InChI=1S/C16H21N3O2/c1-4-20-14-8-6-5-7-13(14)9-10-16-18-15(19-21-16)11-12(2)17-3/h5-10,12,17H,4,11H2,1-3H3/b10-9+. The predicted octanol–water partition coefficient (Wildman–Crippen LogP) is 2.79. The number of ether oxygens (including phenoxy) is 1. The molecule has 0 amide bonds. The minimum absolute atomic E-state index is 0.318. The Bertz CT molecular complexity index is 593. The van der Waals surface area contributed by atoms with Crippen molar-refractivity contribution in [3.05, 3.63) is 41.5 Å². The zero-order valence-corrected chi connectivity index (χ0v) is 12.7. The van der Waals surface area contributed by atoms with Crippen LogP contribution in [0.2, 0.25) is 0 Å². The van der Waals surface area contributed by atoms with E-state index in [0.717, 1.165) is 17.7 Å². The molecule has 1 atom stereocenters. The van der Waals surface area contributed by atoms with E-state index in [1.54, 1.807) is 6.08 Å². The second kappa shape index (κ2) is 7.59. The van der Waals surface area contributed by atoms with Gasteiger partial charge in [0.25, 0.3) is 5.89 Å². The molecule has 1 unspecified atom stereocenters. The summed E-state index contributed by atoms with van der Waals surface area (Å²) in [5.74, 6) is 2.05. The first-order valence-corrected chi connectivity index (χ1v) is 7.12. The summed E-state index contributed by atoms with van der Waals surface area (Å²) in [4.78, 5) is 4.34. The Balaban J connectivity index is 2.07. The number of likely N-dealkylation sites (N-methyl/N-ethyl adjacent to an activating group) is 1. The van der Waals surface area contributed by atoms with Gasteiger partial charge in [0.15, 0.2) is 5.82 Å². The van der Waals surface area contributed by atoms with Gasteiger partial charge in [-0.25, -0.2) is 0 Å². The highest BCUT2D eigenvalue weighted by Crippen LogP contribution is 2.20. The molecule has 0 aliphatic carbocycles.